The molecule has 1 aliphatic carbocycles. The number of hydrogen-bond acceptors (Lipinski definition) is 7. The van der Waals surface area contributed by atoms with E-state index in [4.69, 9.17) is 14.2 Å². The molecule has 4 N–H and O–H groups in total. The zero-order valence-electron chi connectivity index (χ0n) is 52.8. The molecule has 436 valence electrons. The normalized spacial score (nSPS) is 15.9. The number of hydrogen-bond donors (Lipinski definition) is 4. The van der Waals surface area contributed by atoms with Crippen LogP contribution in [-0.2, 0) is 98.1 Å². The number of aromatic hydroxyl groups is 4. The first kappa shape index (κ1) is 61.5. The average molecular weight is 1100 g/mol. The second kappa shape index (κ2) is 23.2. The molecule has 6 aromatic rings. The summed E-state index contributed by atoms with van der Waals surface area (Å²) in [5, 5.41) is 51.5. The van der Waals surface area contributed by atoms with E-state index >= 15 is 0 Å². The van der Waals surface area contributed by atoms with Crippen molar-refractivity contribution in [2.24, 2.45) is 0 Å². The predicted molar refractivity (Wildman–Crippen MR) is 334 cm³/mol. The molecule has 0 saturated carbocycles. The highest BCUT2D eigenvalue weighted by Gasteiger charge is 2.30. The minimum Gasteiger partial charge on any atom is -0.507 e. The number of phenols is 4. The zero-order valence-corrected chi connectivity index (χ0v) is 52.8. The third-order valence-electron chi connectivity index (χ3n) is 17.2. The Hall–Kier alpha value is -5.60. The van der Waals surface area contributed by atoms with Crippen LogP contribution in [0.25, 0.3) is 0 Å². The lowest BCUT2D eigenvalue weighted by Crippen LogP contribution is -2.18. The molecule has 7 nitrogen and oxygen atoms in total. The van der Waals surface area contributed by atoms with Gasteiger partial charge in [0.2, 0.25) is 0 Å². The summed E-state index contributed by atoms with van der Waals surface area (Å²) < 4.78 is 18.9. The van der Waals surface area contributed by atoms with Gasteiger partial charge in [-0.25, -0.2) is 0 Å². The highest BCUT2D eigenvalue weighted by Crippen LogP contribution is 2.44. The number of fused-ring (bicyclic) bond motifs is 6. The fraction of sp³-hybridized carbons (Fsp3) is 0.514. The molecule has 0 aromatic heterocycles. The van der Waals surface area contributed by atoms with Gasteiger partial charge < -0.3 is 34.6 Å². The Labute approximate surface area is 487 Å². The maximum atomic E-state index is 13.0. The lowest BCUT2D eigenvalue weighted by Gasteiger charge is -2.28. The van der Waals surface area contributed by atoms with Crippen molar-refractivity contribution in [3.05, 3.63) is 184 Å². The Kier molecular flexibility index (Phi) is 17.6. The van der Waals surface area contributed by atoms with E-state index in [1.807, 2.05) is 0 Å². The fourth-order valence-corrected chi connectivity index (χ4v) is 11.7. The van der Waals surface area contributed by atoms with Crippen LogP contribution in [0.5, 0.6) is 23.0 Å². The molecule has 1 heterocycles. The Morgan fingerprint density at radius 1 is 0.235 bits per heavy atom. The molecule has 14 bridgehead atoms. The second-order valence-corrected chi connectivity index (χ2v) is 30.0. The van der Waals surface area contributed by atoms with Crippen LogP contribution < -0.4 is 0 Å². The molecular formula is C74H98O7. The maximum absolute atomic E-state index is 13.0. The van der Waals surface area contributed by atoms with Crippen LogP contribution in [0.1, 0.15) is 236 Å². The summed E-state index contributed by atoms with van der Waals surface area (Å²) in [6.07, 6.45) is 3.72. The lowest BCUT2D eigenvalue weighted by atomic mass is 9.77. The molecule has 8 rings (SSSR count). The van der Waals surface area contributed by atoms with Gasteiger partial charge in [0.1, 0.15) is 23.0 Å². The van der Waals surface area contributed by atoms with Gasteiger partial charge in [-0.05, 0) is 157 Å². The van der Waals surface area contributed by atoms with Gasteiger partial charge in [-0.1, -0.05) is 197 Å². The highest BCUT2D eigenvalue weighted by atomic mass is 16.5. The lowest BCUT2D eigenvalue weighted by molar-refractivity contribution is 0.0156. The molecule has 0 fully saturated rings. The van der Waals surface area contributed by atoms with E-state index < -0.39 is 0 Å². The summed E-state index contributed by atoms with van der Waals surface area (Å²) in [6, 6.07) is 26.7. The summed E-state index contributed by atoms with van der Waals surface area (Å²) >= 11 is 0. The van der Waals surface area contributed by atoms with Gasteiger partial charge in [-0.3, -0.25) is 0 Å². The number of benzene rings is 6. The Balaban J connectivity index is 1.51. The molecule has 81 heavy (non-hydrogen) atoms. The summed E-state index contributed by atoms with van der Waals surface area (Å²) in [6.45, 7) is 42.9. The van der Waals surface area contributed by atoms with Crippen LogP contribution >= 0.6 is 0 Å². The van der Waals surface area contributed by atoms with E-state index in [1.54, 1.807) is 0 Å². The van der Waals surface area contributed by atoms with Crippen molar-refractivity contribution in [2.45, 2.75) is 208 Å². The largest absolute Gasteiger partial charge is 0.507 e. The third kappa shape index (κ3) is 14.4. The molecule has 0 amide bonds. The van der Waals surface area contributed by atoms with E-state index in [0.29, 0.717) is 96.8 Å². The first-order valence-corrected chi connectivity index (χ1v) is 30.0. The second-order valence-electron chi connectivity index (χ2n) is 30.0. The Morgan fingerprint density at radius 3 is 0.556 bits per heavy atom. The van der Waals surface area contributed by atoms with Crippen LogP contribution in [0, 0.1) is 0 Å². The molecule has 0 unspecified atom stereocenters. The van der Waals surface area contributed by atoms with Crippen LogP contribution in [0.3, 0.4) is 0 Å². The Morgan fingerprint density at radius 2 is 0.383 bits per heavy atom. The van der Waals surface area contributed by atoms with E-state index in [9.17, 15) is 20.4 Å². The molecular weight excluding hydrogens is 1000 g/mol. The van der Waals surface area contributed by atoms with Crippen LogP contribution in [-0.4, -0.2) is 60.1 Å². The zero-order chi connectivity index (χ0) is 59.4. The molecule has 0 atom stereocenters. The SMILES string of the molecule is CC(C)(C)c1cc2c(O)c(c1)Cc1cc(C(C)(C)C)cc(c1O)Cc1cc(C(C)(C)C)cc3c1CCOCCOCCOCCc1c(cc(C(C)(C)C)cc1Cc1cc(C(C)(C)C)cc(c1O)C3)Cc1cc(C(C)(C)C)cc(c1O)C2. The standard InChI is InChI=1S/C74H98O7/c1-69(2,3)57-33-45-27-49-37-59(71(7,8)9)38-50(65(49)75)28-46-34-58(70(4,5)6)36-48-30-52-40-61(73(13,14)15)42-54(67(52)77)32-56-44-62(74(16,17)18)43-55(68(56)78)31-53-41-60(72(10,11)12)39-51(66(53)76)29-47(35-57)63(45)19-21-79-23-25-81-26-24-80-22-20-64(46)48/h33-44,75-78H,19-32H2,1-18H3. The van der Waals surface area contributed by atoms with E-state index in [2.05, 4.69) is 197 Å². The molecule has 0 radical (unpaired) electrons. The van der Waals surface area contributed by atoms with Crippen molar-refractivity contribution in [3.63, 3.8) is 0 Å². The van der Waals surface area contributed by atoms with Gasteiger partial charge in [0.15, 0.2) is 0 Å². The average Bonchev–Trinajstić information content (AvgIpc) is 3.33. The third-order valence-corrected chi connectivity index (χ3v) is 17.2. The number of phenolic OH excluding ortho intramolecular Hbond substituents is 4. The van der Waals surface area contributed by atoms with E-state index in [0.717, 1.165) is 100 Å². The Bertz CT molecular complexity index is 3080. The van der Waals surface area contributed by atoms with Gasteiger partial charge in [0, 0.05) is 38.5 Å². The van der Waals surface area contributed by atoms with E-state index in [1.165, 1.54) is 11.1 Å². The van der Waals surface area contributed by atoms with Gasteiger partial charge in [-0.2, -0.15) is 0 Å². The van der Waals surface area contributed by atoms with Gasteiger partial charge in [0.05, 0.1) is 39.6 Å². The molecule has 1 aliphatic heterocycles. The monoisotopic (exact) mass is 1100 g/mol. The minimum absolute atomic E-state index is 0.177. The number of ether oxygens (including phenoxy) is 3. The molecule has 2 aliphatic rings. The fourth-order valence-electron chi connectivity index (χ4n) is 11.7. The van der Waals surface area contributed by atoms with Crippen molar-refractivity contribution in [2.75, 3.05) is 39.6 Å². The first-order chi connectivity index (χ1) is 37.6. The van der Waals surface area contributed by atoms with Crippen LogP contribution in [0.15, 0.2) is 72.8 Å². The van der Waals surface area contributed by atoms with E-state index in [-0.39, 0.29) is 49.7 Å². The van der Waals surface area contributed by atoms with Gasteiger partial charge in [-0.15, -0.1) is 0 Å². The van der Waals surface area contributed by atoms with Crippen LogP contribution in [0.2, 0.25) is 0 Å². The molecule has 6 aromatic carbocycles. The smallest absolute Gasteiger partial charge is 0.122 e. The molecule has 7 heteroatoms. The predicted octanol–water partition coefficient (Wildman–Crippen LogP) is 16.3. The summed E-state index contributed by atoms with van der Waals surface area (Å²) in [4.78, 5) is 0. The van der Waals surface area contributed by atoms with Crippen molar-refractivity contribution >= 4 is 0 Å². The summed E-state index contributed by atoms with van der Waals surface area (Å²) in [5.74, 6) is 0.920. The van der Waals surface area contributed by atoms with Crippen molar-refractivity contribution in [1.29, 1.82) is 0 Å². The van der Waals surface area contributed by atoms with Crippen molar-refractivity contribution < 1.29 is 34.6 Å². The van der Waals surface area contributed by atoms with Gasteiger partial charge >= 0.3 is 0 Å². The highest BCUT2D eigenvalue weighted by molar-refractivity contribution is 5.59. The summed E-state index contributed by atoms with van der Waals surface area (Å²) in [7, 11) is 0. The summed E-state index contributed by atoms with van der Waals surface area (Å²) in [5.41, 5.74) is 18.4. The molecule has 0 spiro atoms. The van der Waals surface area contributed by atoms with Crippen molar-refractivity contribution in [3.8, 4) is 23.0 Å². The maximum Gasteiger partial charge on any atom is 0.122 e. The molecule has 0 saturated heterocycles. The topological polar surface area (TPSA) is 109 Å². The van der Waals surface area contributed by atoms with Gasteiger partial charge in [0.25, 0.3) is 0 Å². The first-order valence-electron chi connectivity index (χ1n) is 30.0. The van der Waals surface area contributed by atoms with Crippen LogP contribution in [0.4, 0.5) is 0 Å². The quantitative estimate of drug-likeness (QED) is 0.120. The number of rotatable bonds is 0. The minimum atomic E-state index is -0.274. The van der Waals surface area contributed by atoms with Crippen molar-refractivity contribution in [1.82, 2.24) is 0 Å².